The molecule has 0 spiro atoms. The minimum absolute atomic E-state index is 0.00720. The number of anilines is 1. The number of hydrogen-bond acceptors (Lipinski definition) is 4. The van der Waals surface area contributed by atoms with Crippen LogP contribution in [-0.2, 0) is 13.0 Å². The highest BCUT2D eigenvalue weighted by Gasteiger charge is 2.09. The van der Waals surface area contributed by atoms with E-state index >= 15 is 0 Å². The van der Waals surface area contributed by atoms with Crippen molar-refractivity contribution in [1.29, 1.82) is 0 Å². The SMILES string of the molecule is CC(Cc1ccco1)NC(=O)NCc1cccc(N(C)C)n1. The van der Waals surface area contributed by atoms with Gasteiger partial charge in [-0.1, -0.05) is 6.07 Å². The van der Waals surface area contributed by atoms with Crippen molar-refractivity contribution < 1.29 is 9.21 Å². The first-order chi connectivity index (χ1) is 10.5. The topological polar surface area (TPSA) is 70.4 Å². The van der Waals surface area contributed by atoms with Gasteiger partial charge in [0.2, 0.25) is 0 Å². The van der Waals surface area contributed by atoms with Crippen LogP contribution in [0, 0.1) is 0 Å². The second kappa shape index (κ2) is 7.49. The molecule has 2 aromatic heterocycles. The number of amides is 2. The van der Waals surface area contributed by atoms with E-state index in [1.54, 1.807) is 6.26 Å². The molecule has 0 aliphatic carbocycles. The van der Waals surface area contributed by atoms with Crippen LogP contribution in [0.1, 0.15) is 18.4 Å². The number of carbonyl (C=O) groups excluding carboxylic acids is 1. The largest absolute Gasteiger partial charge is 0.469 e. The molecule has 1 unspecified atom stereocenters. The zero-order chi connectivity index (χ0) is 15.9. The Kier molecular flexibility index (Phi) is 5.41. The van der Waals surface area contributed by atoms with Gasteiger partial charge in [-0.3, -0.25) is 0 Å². The number of hydrogen-bond donors (Lipinski definition) is 2. The fourth-order valence-corrected chi connectivity index (χ4v) is 2.04. The lowest BCUT2D eigenvalue weighted by Gasteiger charge is -2.14. The molecule has 0 bridgehead atoms. The molecule has 1 atom stereocenters. The first-order valence-corrected chi connectivity index (χ1v) is 7.24. The van der Waals surface area contributed by atoms with Crippen molar-refractivity contribution >= 4 is 11.8 Å². The van der Waals surface area contributed by atoms with Crippen LogP contribution in [0.2, 0.25) is 0 Å². The van der Waals surface area contributed by atoms with E-state index in [4.69, 9.17) is 4.42 Å². The maximum atomic E-state index is 11.9. The molecule has 0 saturated heterocycles. The Bertz CT molecular complexity index is 596. The summed E-state index contributed by atoms with van der Waals surface area (Å²) < 4.78 is 5.26. The highest BCUT2D eigenvalue weighted by molar-refractivity contribution is 5.74. The number of aromatic nitrogens is 1. The summed E-state index contributed by atoms with van der Waals surface area (Å²) in [5.41, 5.74) is 0.819. The van der Waals surface area contributed by atoms with Crippen molar-refractivity contribution in [2.45, 2.75) is 25.9 Å². The van der Waals surface area contributed by atoms with Crippen molar-refractivity contribution in [3.05, 3.63) is 48.0 Å². The van der Waals surface area contributed by atoms with E-state index in [2.05, 4.69) is 15.6 Å². The molecule has 0 saturated carbocycles. The van der Waals surface area contributed by atoms with E-state index < -0.39 is 0 Å². The number of urea groups is 1. The summed E-state index contributed by atoms with van der Waals surface area (Å²) in [6.45, 7) is 2.33. The summed E-state index contributed by atoms with van der Waals surface area (Å²) in [5.74, 6) is 1.72. The Morgan fingerprint density at radius 1 is 1.32 bits per heavy atom. The molecule has 118 valence electrons. The molecule has 2 heterocycles. The molecular weight excluding hydrogens is 280 g/mol. The summed E-state index contributed by atoms with van der Waals surface area (Å²) in [4.78, 5) is 18.3. The number of nitrogens with one attached hydrogen (secondary N) is 2. The minimum Gasteiger partial charge on any atom is -0.469 e. The zero-order valence-corrected chi connectivity index (χ0v) is 13.2. The van der Waals surface area contributed by atoms with Crippen LogP contribution in [0.15, 0.2) is 41.0 Å². The molecule has 0 aliphatic heterocycles. The van der Waals surface area contributed by atoms with E-state index in [1.165, 1.54) is 0 Å². The minimum atomic E-state index is -0.212. The number of nitrogens with zero attached hydrogens (tertiary/aromatic N) is 2. The highest BCUT2D eigenvalue weighted by atomic mass is 16.3. The maximum absolute atomic E-state index is 11.9. The normalized spacial score (nSPS) is 11.8. The van der Waals surface area contributed by atoms with Crippen LogP contribution < -0.4 is 15.5 Å². The molecular formula is C16H22N4O2. The third-order valence-electron chi connectivity index (χ3n) is 3.15. The van der Waals surface area contributed by atoms with Gasteiger partial charge < -0.3 is 20.0 Å². The smallest absolute Gasteiger partial charge is 0.315 e. The fourth-order valence-electron chi connectivity index (χ4n) is 2.04. The molecule has 2 rings (SSSR count). The molecule has 22 heavy (non-hydrogen) atoms. The molecule has 0 aromatic carbocycles. The van der Waals surface area contributed by atoms with Crippen LogP contribution >= 0.6 is 0 Å². The van der Waals surface area contributed by atoms with E-state index in [1.807, 2.05) is 56.3 Å². The summed E-state index contributed by atoms with van der Waals surface area (Å²) in [5, 5.41) is 5.69. The zero-order valence-electron chi connectivity index (χ0n) is 13.2. The molecule has 0 fully saturated rings. The summed E-state index contributed by atoms with van der Waals surface area (Å²) in [7, 11) is 3.87. The van der Waals surface area contributed by atoms with Crippen LogP contribution in [0.3, 0.4) is 0 Å². The fraction of sp³-hybridized carbons (Fsp3) is 0.375. The number of carbonyl (C=O) groups is 1. The van der Waals surface area contributed by atoms with Crippen molar-refractivity contribution in [2.24, 2.45) is 0 Å². The van der Waals surface area contributed by atoms with E-state index in [0.717, 1.165) is 17.3 Å². The Morgan fingerprint density at radius 3 is 2.82 bits per heavy atom. The van der Waals surface area contributed by atoms with Gasteiger partial charge in [0, 0.05) is 26.6 Å². The number of furan rings is 1. The molecule has 6 heteroatoms. The summed E-state index contributed by atoms with van der Waals surface area (Å²) in [6, 6.07) is 9.26. The van der Waals surface area contributed by atoms with Gasteiger partial charge in [-0.05, 0) is 31.2 Å². The highest BCUT2D eigenvalue weighted by Crippen LogP contribution is 2.07. The van der Waals surface area contributed by atoms with Gasteiger partial charge in [-0.2, -0.15) is 0 Å². The van der Waals surface area contributed by atoms with Gasteiger partial charge in [-0.15, -0.1) is 0 Å². The Hall–Kier alpha value is -2.50. The molecule has 2 N–H and O–H groups in total. The Labute approximate surface area is 130 Å². The lowest BCUT2D eigenvalue weighted by Crippen LogP contribution is -2.41. The van der Waals surface area contributed by atoms with E-state index in [0.29, 0.717) is 13.0 Å². The van der Waals surface area contributed by atoms with Crippen molar-refractivity contribution in [3.8, 4) is 0 Å². The first-order valence-electron chi connectivity index (χ1n) is 7.24. The Morgan fingerprint density at radius 2 is 2.14 bits per heavy atom. The molecule has 0 aliphatic rings. The lowest BCUT2D eigenvalue weighted by molar-refractivity contribution is 0.237. The number of rotatable bonds is 6. The van der Waals surface area contributed by atoms with Gasteiger partial charge in [0.25, 0.3) is 0 Å². The van der Waals surface area contributed by atoms with E-state index in [9.17, 15) is 4.79 Å². The van der Waals surface area contributed by atoms with Gasteiger partial charge >= 0.3 is 6.03 Å². The molecule has 2 aromatic rings. The van der Waals surface area contributed by atoms with Crippen LogP contribution in [0.5, 0.6) is 0 Å². The quantitative estimate of drug-likeness (QED) is 0.858. The van der Waals surface area contributed by atoms with Gasteiger partial charge in [0.1, 0.15) is 11.6 Å². The van der Waals surface area contributed by atoms with Crippen LogP contribution in [0.4, 0.5) is 10.6 Å². The predicted molar refractivity (Wildman–Crippen MR) is 85.8 cm³/mol. The number of pyridine rings is 1. The molecule has 6 nitrogen and oxygen atoms in total. The average Bonchev–Trinajstić information content (AvgIpc) is 2.98. The second-order valence-corrected chi connectivity index (χ2v) is 5.39. The van der Waals surface area contributed by atoms with E-state index in [-0.39, 0.29) is 12.1 Å². The lowest BCUT2D eigenvalue weighted by atomic mass is 10.2. The van der Waals surface area contributed by atoms with Crippen molar-refractivity contribution in [3.63, 3.8) is 0 Å². The third kappa shape index (κ3) is 4.80. The van der Waals surface area contributed by atoms with Gasteiger partial charge in [0.15, 0.2) is 0 Å². The molecule has 0 radical (unpaired) electrons. The average molecular weight is 302 g/mol. The summed E-state index contributed by atoms with van der Waals surface area (Å²) >= 11 is 0. The van der Waals surface area contributed by atoms with Gasteiger partial charge in [0.05, 0.1) is 18.5 Å². The maximum Gasteiger partial charge on any atom is 0.315 e. The summed E-state index contributed by atoms with van der Waals surface area (Å²) in [6.07, 6.45) is 2.29. The Balaban J connectivity index is 1.78. The van der Waals surface area contributed by atoms with Gasteiger partial charge in [-0.25, -0.2) is 9.78 Å². The van der Waals surface area contributed by atoms with Crippen LogP contribution in [0.25, 0.3) is 0 Å². The van der Waals surface area contributed by atoms with Crippen molar-refractivity contribution in [1.82, 2.24) is 15.6 Å². The molecule has 2 amide bonds. The predicted octanol–water partition coefficient (Wildman–Crippen LogP) is 2.17. The third-order valence-corrected chi connectivity index (χ3v) is 3.15. The standard InChI is InChI=1S/C16H22N4O2/c1-12(10-14-7-5-9-22-14)18-16(21)17-11-13-6-4-8-15(19-13)20(2)3/h4-9,12H,10-11H2,1-3H3,(H2,17,18,21). The monoisotopic (exact) mass is 302 g/mol. The first kappa shape index (κ1) is 15.9. The second-order valence-electron chi connectivity index (χ2n) is 5.39. The van der Waals surface area contributed by atoms with Crippen LogP contribution in [-0.4, -0.2) is 31.2 Å². The van der Waals surface area contributed by atoms with Crippen molar-refractivity contribution in [2.75, 3.05) is 19.0 Å².